The van der Waals surface area contributed by atoms with E-state index < -0.39 is 0 Å². The first-order valence-corrected chi connectivity index (χ1v) is 8.58. The molecule has 1 saturated heterocycles. The second-order valence-corrected chi connectivity index (χ2v) is 9.34. The molecule has 0 aromatic heterocycles. The van der Waals surface area contributed by atoms with E-state index in [9.17, 15) is 0 Å². The van der Waals surface area contributed by atoms with E-state index in [1.807, 2.05) is 0 Å². The minimum absolute atomic E-state index is 0.222. The van der Waals surface area contributed by atoms with Gasteiger partial charge in [0.05, 0.1) is 0 Å². The van der Waals surface area contributed by atoms with Gasteiger partial charge in [-0.25, -0.2) is 0 Å². The van der Waals surface area contributed by atoms with Crippen molar-refractivity contribution < 1.29 is 0 Å². The van der Waals surface area contributed by atoms with Crippen molar-refractivity contribution in [3.05, 3.63) is 0 Å². The summed E-state index contributed by atoms with van der Waals surface area (Å²) in [6.45, 7) is 16.7. The fourth-order valence-electron chi connectivity index (χ4n) is 5.73. The van der Waals surface area contributed by atoms with Crippen LogP contribution in [0.2, 0.25) is 0 Å². The van der Waals surface area contributed by atoms with Gasteiger partial charge in [0, 0.05) is 18.1 Å². The quantitative estimate of drug-likeness (QED) is 0.827. The summed E-state index contributed by atoms with van der Waals surface area (Å²) in [6, 6.07) is 0.678. The number of piperidine rings is 1. The molecular formula is C18H36N2. The van der Waals surface area contributed by atoms with E-state index in [2.05, 4.69) is 46.4 Å². The molecule has 2 unspecified atom stereocenters. The Kier molecular flexibility index (Phi) is 4.30. The zero-order valence-corrected chi connectivity index (χ0v) is 14.6. The van der Waals surface area contributed by atoms with Gasteiger partial charge < -0.3 is 5.73 Å². The van der Waals surface area contributed by atoms with E-state index in [1.54, 1.807) is 0 Å². The average Bonchev–Trinajstić information content (AvgIpc) is 2.28. The molecule has 2 nitrogen and oxygen atoms in total. The first-order chi connectivity index (χ1) is 9.11. The highest BCUT2D eigenvalue weighted by atomic mass is 15.2. The molecule has 2 atom stereocenters. The van der Waals surface area contributed by atoms with Crippen LogP contribution in [0.15, 0.2) is 0 Å². The van der Waals surface area contributed by atoms with Crippen LogP contribution in [0.5, 0.6) is 0 Å². The highest BCUT2D eigenvalue weighted by Crippen LogP contribution is 2.53. The lowest BCUT2D eigenvalue weighted by Crippen LogP contribution is -2.65. The number of likely N-dealkylation sites (tertiary alicyclic amines) is 1. The van der Waals surface area contributed by atoms with E-state index >= 15 is 0 Å². The normalized spacial score (nSPS) is 36.8. The molecule has 0 amide bonds. The molecule has 1 heterocycles. The van der Waals surface area contributed by atoms with E-state index in [0.29, 0.717) is 16.9 Å². The third-order valence-electron chi connectivity index (χ3n) is 5.94. The van der Waals surface area contributed by atoms with E-state index in [-0.39, 0.29) is 5.54 Å². The van der Waals surface area contributed by atoms with Crippen LogP contribution in [0, 0.1) is 16.7 Å². The molecule has 2 fully saturated rings. The van der Waals surface area contributed by atoms with Crippen LogP contribution < -0.4 is 5.73 Å². The van der Waals surface area contributed by atoms with Gasteiger partial charge >= 0.3 is 0 Å². The van der Waals surface area contributed by atoms with Crippen molar-refractivity contribution in [2.24, 2.45) is 22.5 Å². The van der Waals surface area contributed by atoms with Gasteiger partial charge in [-0.1, -0.05) is 34.6 Å². The molecule has 1 saturated carbocycles. The largest absolute Gasteiger partial charge is 0.329 e. The van der Waals surface area contributed by atoms with Crippen LogP contribution in [0.4, 0.5) is 0 Å². The summed E-state index contributed by atoms with van der Waals surface area (Å²) in [6.07, 6.45) is 6.56. The average molecular weight is 280 g/mol. The minimum Gasteiger partial charge on any atom is -0.329 e. The van der Waals surface area contributed by atoms with Gasteiger partial charge in [-0.2, -0.15) is 0 Å². The summed E-state index contributed by atoms with van der Waals surface area (Å²) in [5.41, 5.74) is 7.41. The Labute approximate surface area is 126 Å². The Bertz CT molecular complexity index is 329. The van der Waals surface area contributed by atoms with E-state index in [0.717, 1.165) is 12.5 Å². The minimum atomic E-state index is 0.222. The summed E-state index contributed by atoms with van der Waals surface area (Å²) >= 11 is 0. The van der Waals surface area contributed by atoms with Crippen molar-refractivity contribution in [2.45, 2.75) is 85.2 Å². The van der Waals surface area contributed by atoms with Gasteiger partial charge in [-0.15, -0.1) is 0 Å². The molecule has 0 aromatic rings. The van der Waals surface area contributed by atoms with Crippen molar-refractivity contribution >= 4 is 0 Å². The molecule has 1 aliphatic carbocycles. The Morgan fingerprint density at radius 1 is 1.00 bits per heavy atom. The van der Waals surface area contributed by atoms with Crippen LogP contribution in [0.1, 0.15) is 73.6 Å². The zero-order chi connectivity index (χ0) is 15.2. The summed E-state index contributed by atoms with van der Waals surface area (Å²) in [4.78, 5) is 2.80. The molecule has 2 N–H and O–H groups in total. The number of rotatable bonds is 2. The predicted octanol–water partition coefficient (Wildman–Crippen LogP) is 4.04. The smallest absolute Gasteiger partial charge is 0.0344 e. The maximum Gasteiger partial charge on any atom is 0.0344 e. The molecule has 2 heteroatoms. The van der Waals surface area contributed by atoms with Crippen LogP contribution in [0.3, 0.4) is 0 Å². The SMILES string of the molecule is CC1CCCN(C2(CN)CC(C)(C)CC(C)(C)C2)C1C. The monoisotopic (exact) mass is 280 g/mol. The summed E-state index contributed by atoms with van der Waals surface area (Å²) in [7, 11) is 0. The Morgan fingerprint density at radius 2 is 1.55 bits per heavy atom. The van der Waals surface area contributed by atoms with Crippen molar-refractivity contribution in [1.82, 2.24) is 4.90 Å². The van der Waals surface area contributed by atoms with Gasteiger partial charge in [0.25, 0.3) is 0 Å². The van der Waals surface area contributed by atoms with Crippen LogP contribution in [0.25, 0.3) is 0 Å². The lowest BCUT2D eigenvalue weighted by atomic mass is 9.57. The van der Waals surface area contributed by atoms with Crippen LogP contribution in [-0.4, -0.2) is 29.6 Å². The summed E-state index contributed by atoms with van der Waals surface area (Å²) in [5, 5.41) is 0. The molecule has 0 radical (unpaired) electrons. The second kappa shape index (κ2) is 5.28. The molecule has 0 aromatic carbocycles. The fraction of sp³-hybridized carbons (Fsp3) is 1.00. The first kappa shape index (κ1) is 16.3. The second-order valence-electron chi connectivity index (χ2n) is 9.34. The van der Waals surface area contributed by atoms with E-state index in [4.69, 9.17) is 5.73 Å². The predicted molar refractivity (Wildman–Crippen MR) is 87.8 cm³/mol. The zero-order valence-electron chi connectivity index (χ0n) is 14.6. The van der Waals surface area contributed by atoms with Crippen LogP contribution >= 0.6 is 0 Å². The topological polar surface area (TPSA) is 29.3 Å². The Hall–Kier alpha value is -0.0800. The molecule has 1 aliphatic heterocycles. The van der Waals surface area contributed by atoms with Crippen LogP contribution in [-0.2, 0) is 0 Å². The third kappa shape index (κ3) is 3.06. The van der Waals surface area contributed by atoms with E-state index in [1.165, 1.54) is 38.6 Å². The van der Waals surface area contributed by atoms with Gasteiger partial charge in [0.15, 0.2) is 0 Å². The fourth-order valence-corrected chi connectivity index (χ4v) is 5.73. The molecule has 0 spiro atoms. The number of nitrogens with two attached hydrogens (primary N) is 1. The number of hydrogen-bond donors (Lipinski definition) is 1. The number of hydrogen-bond acceptors (Lipinski definition) is 2. The molecule has 0 bridgehead atoms. The Morgan fingerprint density at radius 3 is 2.05 bits per heavy atom. The maximum absolute atomic E-state index is 6.38. The summed E-state index contributed by atoms with van der Waals surface area (Å²) in [5.74, 6) is 0.806. The molecule has 20 heavy (non-hydrogen) atoms. The van der Waals surface area contributed by atoms with Crippen molar-refractivity contribution in [3.8, 4) is 0 Å². The van der Waals surface area contributed by atoms with Gasteiger partial charge in [-0.3, -0.25) is 4.90 Å². The van der Waals surface area contributed by atoms with Gasteiger partial charge in [-0.05, 0) is 62.3 Å². The van der Waals surface area contributed by atoms with Crippen molar-refractivity contribution in [1.29, 1.82) is 0 Å². The first-order valence-electron chi connectivity index (χ1n) is 8.58. The lowest BCUT2D eigenvalue weighted by Gasteiger charge is -2.59. The standard InChI is InChI=1S/C18H36N2/c1-14-8-7-9-20(15(14)2)18(13-19)11-16(3,4)10-17(5,6)12-18/h14-15H,7-13,19H2,1-6H3. The Balaban J connectivity index is 2.32. The van der Waals surface area contributed by atoms with Crippen molar-refractivity contribution in [2.75, 3.05) is 13.1 Å². The molecule has 2 rings (SSSR count). The van der Waals surface area contributed by atoms with Crippen molar-refractivity contribution in [3.63, 3.8) is 0 Å². The molecule has 2 aliphatic rings. The lowest BCUT2D eigenvalue weighted by molar-refractivity contribution is -0.0808. The highest BCUT2D eigenvalue weighted by Gasteiger charge is 2.51. The van der Waals surface area contributed by atoms with Gasteiger partial charge in [0.1, 0.15) is 0 Å². The maximum atomic E-state index is 6.38. The summed E-state index contributed by atoms with van der Waals surface area (Å²) < 4.78 is 0. The molecular weight excluding hydrogens is 244 g/mol. The number of nitrogens with zero attached hydrogens (tertiary/aromatic N) is 1. The molecule has 118 valence electrons. The highest BCUT2D eigenvalue weighted by molar-refractivity contribution is 5.06. The third-order valence-corrected chi connectivity index (χ3v) is 5.94. The van der Waals surface area contributed by atoms with Gasteiger partial charge in [0.2, 0.25) is 0 Å².